The Balaban J connectivity index is 1.13. The van der Waals surface area contributed by atoms with Crippen LogP contribution >= 0.6 is 0 Å². The fraction of sp³-hybridized carbons (Fsp3) is 0.0217. The maximum absolute atomic E-state index is 6.50. The van der Waals surface area contributed by atoms with E-state index in [9.17, 15) is 0 Å². The van der Waals surface area contributed by atoms with E-state index in [-0.39, 0.29) is 0 Å². The lowest BCUT2D eigenvalue weighted by molar-refractivity contribution is 0.669. The van der Waals surface area contributed by atoms with Crippen LogP contribution in [-0.2, 0) is 0 Å². The summed E-state index contributed by atoms with van der Waals surface area (Å²) in [5.74, 6) is 1.85. The van der Waals surface area contributed by atoms with Crippen LogP contribution in [0.15, 0.2) is 174 Å². The van der Waals surface area contributed by atoms with Gasteiger partial charge in [0.05, 0.1) is 0 Å². The first-order valence-electron chi connectivity index (χ1n) is 16.8. The van der Waals surface area contributed by atoms with E-state index in [1.807, 2.05) is 30.3 Å². The van der Waals surface area contributed by atoms with Gasteiger partial charge in [-0.25, -0.2) is 15.0 Å². The molecule has 0 aliphatic rings. The van der Waals surface area contributed by atoms with Crippen LogP contribution in [0.5, 0.6) is 0 Å². The maximum atomic E-state index is 6.50. The second-order valence-corrected chi connectivity index (χ2v) is 12.6. The smallest absolute Gasteiger partial charge is 0.164 e. The molecule has 9 rings (SSSR count). The zero-order valence-electron chi connectivity index (χ0n) is 27.4. The van der Waals surface area contributed by atoms with Gasteiger partial charge in [0, 0.05) is 27.5 Å². The topological polar surface area (TPSA) is 51.8 Å². The Bertz CT molecular complexity index is 2630. The van der Waals surface area contributed by atoms with E-state index < -0.39 is 0 Å². The summed E-state index contributed by atoms with van der Waals surface area (Å²) in [7, 11) is 0. The van der Waals surface area contributed by atoms with Crippen molar-refractivity contribution in [1.29, 1.82) is 0 Å². The number of hydrogen-bond donors (Lipinski definition) is 0. The Labute approximate surface area is 290 Å². The summed E-state index contributed by atoms with van der Waals surface area (Å²) in [5.41, 5.74) is 12.5. The molecule has 0 aliphatic carbocycles. The third-order valence-electron chi connectivity index (χ3n) is 9.22. The molecule has 236 valence electrons. The van der Waals surface area contributed by atoms with Crippen LogP contribution in [0.3, 0.4) is 0 Å². The van der Waals surface area contributed by atoms with Crippen LogP contribution in [0.25, 0.3) is 89.5 Å². The van der Waals surface area contributed by atoms with Crippen LogP contribution in [0.4, 0.5) is 0 Å². The number of hydrogen-bond acceptors (Lipinski definition) is 4. The Morgan fingerprint density at radius 1 is 0.360 bits per heavy atom. The molecule has 0 bridgehead atoms. The maximum Gasteiger partial charge on any atom is 0.164 e. The van der Waals surface area contributed by atoms with Crippen LogP contribution < -0.4 is 0 Å². The molecule has 0 unspecified atom stereocenters. The molecule has 0 spiro atoms. The zero-order chi connectivity index (χ0) is 33.4. The van der Waals surface area contributed by atoms with E-state index in [0.29, 0.717) is 17.5 Å². The van der Waals surface area contributed by atoms with E-state index in [0.717, 1.165) is 60.9 Å². The molecule has 7 aromatic carbocycles. The molecule has 0 saturated carbocycles. The Morgan fingerprint density at radius 2 is 0.840 bits per heavy atom. The molecule has 50 heavy (non-hydrogen) atoms. The average Bonchev–Trinajstić information content (AvgIpc) is 3.57. The predicted octanol–water partition coefficient (Wildman–Crippen LogP) is 12.1. The fourth-order valence-corrected chi connectivity index (χ4v) is 6.67. The van der Waals surface area contributed by atoms with Crippen molar-refractivity contribution in [2.75, 3.05) is 0 Å². The van der Waals surface area contributed by atoms with Crippen molar-refractivity contribution in [1.82, 2.24) is 15.0 Å². The molecule has 9 aromatic rings. The summed E-state index contributed by atoms with van der Waals surface area (Å²) in [6.45, 7) is 2.08. The molecule has 0 saturated heterocycles. The molecular formula is C46H31N3O. The first kappa shape index (κ1) is 29.5. The number of nitrogens with zero attached hydrogens (tertiary/aromatic N) is 3. The lowest BCUT2D eigenvalue weighted by Crippen LogP contribution is -2.00. The number of benzene rings is 7. The molecule has 4 nitrogen and oxygen atoms in total. The van der Waals surface area contributed by atoms with Crippen molar-refractivity contribution in [3.63, 3.8) is 0 Å². The summed E-state index contributed by atoms with van der Waals surface area (Å²) < 4.78 is 6.50. The van der Waals surface area contributed by atoms with Crippen molar-refractivity contribution < 1.29 is 4.42 Å². The number of rotatable bonds is 6. The first-order valence-corrected chi connectivity index (χ1v) is 16.8. The highest BCUT2D eigenvalue weighted by Gasteiger charge is 2.17. The Kier molecular flexibility index (Phi) is 7.33. The van der Waals surface area contributed by atoms with E-state index in [1.54, 1.807) is 0 Å². The van der Waals surface area contributed by atoms with Gasteiger partial charge in [-0.2, -0.15) is 0 Å². The van der Waals surface area contributed by atoms with Gasteiger partial charge < -0.3 is 4.42 Å². The third-order valence-corrected chi connectivity index (χ3v) is 9.22. The molecule has 2 heterocycles. The van der Waals surface area contributed by atoms with Crippen molar-refractivity contribution in [3.8, 4) is 67.5 Å². The number of furan rings is 1. The summed E-state index contributed by atoms with van der Waals surface area (Å²) in [6, 6.07) is 58.8. The highest BCUT2D eigenvalue weighted by molar-refractivity contribution is 6.13. The number of aromatic nitrogens is 3. The number of fused-ring (bicyclic) bond motifs is 3. The van der Waals surface area contributed by atoms with Crippen molar-refractivity contribution >= 4 is 21.9 Å². The molecule has 0 atom stereocenters. The Morgan fingerprint density at radius 3 is 1.46 bits per heavy atom. The van der Waals surface area contributed by atoms with E-state index in [2.05, 4.69) is 146 Å². The van der Waals surface area contributed by atoms with Gasteiger partial charge in [-0.1, -0.05) is 151 Å². The van der Waals surface area contributed by atoms with Gasteiger partial charge in [-0.15, -0.1) is 0 Å². The first-order chi connectivity index (χ1) is 24.7. The molecule has 0 radical (unpaired) electrons. The minimum atomic E-state index is 0.595. The summed E-state index contributed by atoms with van der Waals surface area (Å²) in [6.07, 6.45) is 0. The van der Waals surface area contributed by atoms with Crippen molar-refractivity contribution in [2.45, 2.75) is 6.92 Å². The minimum Gasteiger partial charge on any atom is -0.456 e. The van der Waals surface area contributed by atoms with Gasteiger partial charge in [-0.05, 0) is 64.6 Å². The van der Waals surface area contributed by atoms with Gasteiger partial charge in [-0.3, -0.25) is 0 Å². The molecule has 0 fully saturated rings. The highest BCUT2D eigenvalue weighted by atomic mass is 16.3. The third kappa shape index (κ3) is 5.53. The van der Waals surface area contributed by atoms with Gasteiger partial charge in [0.15, 0.2) is 17.5 Å². The predicted molar refractivity (Wildman–Crippen MR) is 204 cm³/mol. The molecule has 4 heteroatoms. The van der Waals surface area contributed by atoms with Gasteiger partial charge in [0.25, 0.3) is 0 Å². The highest BCUT2D eigenvalue weighted by Crippen LogP contribution is 2.39. The lowest BCUT2D eigenvalue weighted by Gasteiger charge is -2.10. The van der Waals surface area contributed by atoms with E-state index >= 15 is 0 Å². The van der Waals surface area contributed by atoms with E-state index in [1.165, 1.54) is 16.7 Å². The summed E-state index contributed by atoms with van der Waals surface area (Å²) in [4.78, 5) is 15.0. The average molecular weight is 642 g/mol. The van der Waals surface area contributed by atoms with Crippen molar-refractivity contribution in [2.24, 2.45) is 0 Å². The van der Waals surface area contributed by atoms with Gasteiger partial charge >= 0.3 is 0 Å². The van der Waals surface area contributed by atoms with Crippen molar-refractivity contribution in [3.05, 3.63) is 175 Å². The monoisotopic (exact) mass is 641 g/mol. The SMILES string of the molecule is Cc1cccc(-c2nc(-c3ccc(-c4ccccc4)cc3)nc(-c3ccc4c(c3)oc3cccc(-c5ccc(-c6ccccc6)cc5)c34)n2)c1. The summed E-state index contributed by atoms with van der Waals surface area (Å²) in [5, 5.41) is 2.15. The summed E-state index contributed by atoms with van der Waals surface area (Å²) >= 11 is 0. The largest absolute Gasteiger partial charge is 0.456 e. The van der Waals surface area contributed by atoms with Crippen LogP contribution in [0.2, 0.25) is 0 Å². The van der Waals surface area contributed by atoms with Crippen LogP contribution in [-0.4, -0.2) is 15.0 Å². The second-order valence-electron chi connectivity index (χ2n) is 12.6. The van der Waals surface area contributed by atoms with Gasteiger partial charge in [0.1, 0.15) is 11.2 Å². The molecule has 0 aliphatic heterocycles. The zero-order valence-corrected chi connectivity index (χ0v) is 27.4. The number of aryl methyl sites for hydroxylation is 1. The quantitative estimate of drug-likeness (QED) is 0.181. The molecule has 0 amide bonds. The fourth-order valence-electron chi connectivity index (χ4n) is 6.67. The van der Waals surface area contributed by atoms with Crippen LogP contribution in [0.1, 0.15) is 5.56 Å². The normalized spacial score (nSPS) is 11.3. The second kappa shape index (κ2) is 12.4. The van der Waals surface area contributed by atoms with Gasteiger partial charge in [0.2, 0.25) is 0 Å². The lowest BCUT2D eigenvalue weighted by atomic mass is 9.96. The van der Waals surface area contributed by atoms with E-state index in [4.69, 9.17) is 19.4 Å². The van der Waals surface area contributed by atoms with Crippen LogP contribution in [0, 0.1) is 6.92 Å². The Hall–Kier alpha value is -6.65. The standard InChI is InChI=1S/C46H31N3O/c1-30-10-8-15-37(28-30)45-47-44(36-24-20-34(21-25-36)32-13-6-3-7-14-32)48-46(49-45)38-26-27-40-42(29-38)50-41-17-9-16-39(43(40)41)35-22-18-33(19-23-35)31-11-4-2-5-12-31/h2-29H,1H3. The molecular weight excluding hydrogens is 611 g/mol. The molecule has 0 N–H and O–H groups in total. The molecule has 2 aromatic heterocycles. The minimum absolute atomic E-state index is 0.595.